The molecule has 1 aliphatic heterocycles. The number of hydrogen-bond acceptors (Lipinski definition) is 3. The van der Waals surface area contributed by atoms with Crippen molar-refractivity contribution in [1.82, 2.24) is 0 Å². The lowest BCUT2D eigenvalue weighted by Gasteiger charge is -2.08. The fourth-order valence-electron chi connectivity index (χ4n) is 2.70. The number of methoxy groups -OCH3 is 1. The zero-order valence-electron chi connectivity index (χ0n) is 12.9. The van der Waals surface area contributed by atoms with Gasteiger partial charge in [0, 0.05) is 12.8 Å². The molecule has 0 saturated carbocycles. The van der Waals surface area contributed by atoms with Crippen molar-refractivity contribution in [3.05, 3.63) is 65.7 Å². The highest BCUT2D eigenvalue weighted by Crippen LogP contribution is 2.20. The van der Waals surface area contributed by atoms with Gasteiger partial charge < -0.3 is 9.57 Å². The first-order valence-corrected chi connectivity index (χ1v) is 7.72. The normalized spacial score (nSPS) is 17.0. The van der Waals surface area contributed by atoms with E-state index in [1.165, 1.54) is 16.8 Å². The van der Waals surface area contributed by atoms with Gasteiger partial charge in [-0.2, -0.15) is 0 Å². The van der Waals surface area contributed by atoms with Gasteiger partial charge >= 0.3 is 0 Å². The minimum atomic E-state index is 0.166. The van der Waals surface area contributed by atoms with Gasteiger partial charge in [-0.25, -0.2) is 0 Å². The molecule has 1 aliphatic rings. The maximum Gasteiger partial charge on any atom is 0.136 e. The van der Waals surface area contributed by atoms with Crippen LogP contribution in [0.4, 0.5) is 0 Å². The van der Waals surface area contributed by atoms with Crippen molar-refractivity contribution in [3.63, 3.8) is 0 Å². The first-order chi connectivity index (χ1) is 10.8. The molecule has 2 aromatic carbocycles. The van der Waals surface area contributed by atoms with Crippen LogP contribution in [0, 0.1) is 0 Å². The van der Waals surface area contributed by atoms with E-state index < -0.39 is 0 Å². The van der Waals surface area contributed by atoms with E-state index in [0.29, 0.717) is 0 Å². The molecule has 1 atom stereocenters. The quantitative estimate of drug-likeness (QED) is 0.806. The van der Waals surface area contributed by atoms with Crippen molar-refractivity contribution in [2.75, 3.05) is 7.11 Å². The van der Waals surface area contributed by atoms with E-state index in [1.807, 2.05) is 18.2 Å². The van der Waals surface area contributed by atoms with Gasteiger partial charge in [0.1, 0.15) is 11.9 Å². The lowest BCUT2D eigenvalue weighted by Crippen LogP contribution is -2.11. The summed E-state index contributed by atoms with van der Waals surface area (Å²) in [4.78, 5) is 5.57. The molecule has 3 nitrogen and oxygen atoms in total. The molecule has 1 heterocycles. The first kappa shape index (κ1) is 14.6. The smallest absolute Gasteiger partial charge is 0.136 e. The average molecular weight is 295 g/mol. The van der Waals surface area contributed by atoms with Gasteiger partial charge in [0.25, 0.3) is 0 Å². The van der Waals surface area contributed by atoms with Crippen LogP contribution < -0.4 is 4.74 Å². The highest BCUT2D eigenvalue weighted by molar-refractivity contribution is 5.85. The summed E-state index contributed by atoms with van der Waals surface area (Å²) in [6, 6.07) is 18.7. The Morgan fingerprint density at radius 3 is 2.50 bits per heavy atom. The maximum absolute atomic E-state index is 5.57. The second-order valence-electron chi connectivity index (χ2n) is 5.63. The number of oxime groups is 1. The average Bonchev–Trinajstić information content (AvgIpc) is 3.02. The Balaban J connectivity index is 1.47. The van der Waals surface area contributed by atoms with Crippen LogP contribution in [-0.4, -0.2) is 18.9 Å². The fraction of sp³-hybridized carbons (Fsp3) is 0.316. The fourth-order valence-corrected chi connectivity index (χ4v) is 2.70. The molecule has 0 radical (unpaired) electrons. The molecule has 1 unspecified atom stereocenters. The molecular weight excluding hydrogens is 274 g/mol. The summed E-state index contributed by atoms with van der Waals surface area (Å²) in [5, 5.41) is 4.25. The third-order valence-corrected chi connectivity index (χ3v) is 3.96. The van der Waals surface area contributed by atoms with Crippen LogP contribution in [0.3, 0.4) is 0 Å². The second kappa shape index (κ2) is 7.12. The molecule has 3 heteroatoms. The third kappa shape index (κ3) is 3.88. The van der Waals surface area contributed by atoms with Crippen LogP contribution in [0.2, 0.25) is 0 Å². The molecule has 0 N–H and O–H groups in total. The van der Waals surface area contributed by atoms with Crippen LogP contribution in [-0.2, 0) is 17.7 Å². The number of hydrogen-bond donors (Lipinski definition) is 0. The maximum atomic E-state index is 5.57. The van der Waals surface area contributed by atoms with Gasteiger partial charge in [-0.1, -0.05) is 47.6 Å². The van der Waals surface area contributed by atoms with E-state index in [4.69, 9.17) is 9.57 Å². The molecule has 0 aliphatic carbocycles. The minimum Gasteiger partial charge on any atom is -0.497 e. The highest BCUT2D eigenvalue weighted by atomic mass is 16.6. The number of ether oxygens (including phenoxy) is 1. The van der Waals surface area contributed by atoms with Gasteiger partial charge in [0.05, 0.1) is 12.8 Å². The standard InChI is InChI=1S/C19H21NO2/c1-21-18-11-8-16(9-12-18)13-19-14-17(20-22-19)10-7-15-5-3-2-4-6-15/h2-6,8-9,11-12,19H,7,10,13-14H2,1H3. The Bertz CT molecular complexity index is 620. The van der Waals surface area contributed by atoms with E-state index in [-0.39, 0.29) is 6.10 Å². The van der Waals surface area contributed by atoms with Gasteiger partial charge in [0.15, 0.2) is 0 Å². The molecule has 0 aromatic heterocycles. The number of nitrogens with zero attached hydrogens (tertiary/aromatic N) is 1. The number of benzene rings is 2. The van der Waals surface area contributed by atoms with E-state index in [1.54, 1.807) is 7.11 Å². The van der Waals surface area contributed by atoms with Gasteiger partial charge in [-0.15, -0.1) is 0 Å². The number of aryl methyl sites for hydroxylation is 1. The molecule has 22 heavy (non-hydrogen) atoms. The van der Waals surface area contributed by atoms with Crippen LogP contribution in [0.15, 0.2) is 59.8 Å². The SMILES string of the molecule is COc1ccc(CC2CC(CCc3ccccc3)=NO2)cc1. The van der Waals surface area contributed by atoms with E-state index in [9.17, 15) is 0 Å². The van der Waals surface area contributed by atoms with Crippen molar-refractivity contribution in [2.24, 2.45) is 5.16 Å². The number of rotatable bonds is 6. The molecule has 0 amide bonds. The Morgan fingerprint density at radius 1 is 1.00 bits per heavy atom. The summed E-state index contributed by atoms with van der Waals surface area (Å²) in [6.07, 6.45) is 3.99. The van der Waals surface area contributed by atoms with Crippen LogP contribution in [0.1, 0.15) is 24.0 Å². The van der Waals surface area contributed by atoms with Gasteiger partial charge in [0.2, 0.25) is 0 Å². The summed E-state index contributed by atoms with van der Waals surface area (Å²) in [7, 11) is 1.68. The zero-order chi connectivity index (χ0) is 15.2. The van der Waals surface area contributed by atoms with Crippen LogP contribution in [0.5, 0.6) is 5.75 Å². The van der Waals surface area contributed by atoms with E-state index in [2.05, 4.69) is 41.6 Å². The molecule has 0 saturated heterocycles. The summed E-state index contributed by atoms with van der Waals surface area (Å²) < 4.78 is 5.18. The Kier molecular flexibility index (Phi) is 4.74. The van der Waals surface area contributed by atoms with E-state index >= 15 is 0 Å². The third-order valence-electron chi connectivity index (χ3n) is 3.96. The van der Waals surface area contributed by atoms with Crippen molar-refractivity contribution in [3.8, 4) is 5.75 Å². The zero-order valence-corrected chi connectivity index (χ0v) is 12.9. The Labute approximate surface area is 131 Å². The summed E-state index contributed by atoms with van der Waals surface area (Å²) in [5.74, 6) is 0.885. The molecule has 3 rings (SSSR count). The summed E-state index contributed by atoms with van der Waals surface area (Å²) in [5.41, 5.74) is 3.77. The molecule has 2 aromatic rings. The van der Waals surface area contributed by atoms with Crippen molar-refractivity contribution < 1.29 is 9.57 Å². The second-order valence-corrected chi connectivity index (χ2v) is 5.63. The monoisotopic (exact) mass is 295 g/mol. The van der Waals surface area contributed by atoms with Gasteiger partial charge in [-0.05, 0) is 36.1 Å². The lowest BCUT2D eigenvalue weighted by atomic mass is 10.0. The predicted molar refractivity (Wildman–Crippen MR) is 88.4 cm³/mol. The van der Waals surface area contributed by atoms with E-state index in [0.717, 1.165) is 31.4 Å². The largest absolute Gasteiger partial charge is 0.497 e. The van der Waals surface area contributed by atoms with Crippen LogP contribution in [0.25, 0.3) is 0 Å². The predicted octanol–water partition coefficient (Wildman–Crippen LogP) is 4.02. The molecule has 0 spiro atoms. The van der Waals surface area contributed by atoms with Gasteiger partial charge in [-0.3, -0.25) is 0 Å². The molecule has 0 fully saturated rings. The molecule has 114 valence electrons. The van der Waals surface area contributed by atoms with Crippen LogP contribution >= 0.6 is 0 Å². The minimum absolute atomic E-state index is 0.166. The molecular formula is C19H21NO2. The van der Waals surface area contributed by atoms with Crippen molar-refractivity contribution in [1.29, 1.82) is 0 Å². The Morgan fingerprint density at radius 2 is 1.77 bits per heavy atom. The topological polar surface area (TPSA) is 30.8 Å². The lowest BCUT2D eigenvalue weighted by molar-refractivity contribution is 0.0859. The summed E-state index contributed by atoms with van der Waals surface area (Å²) in [6.45, 7) is 0. The highest BCUT2D eigenvalue weighted by Gasteiger charge is 2.21. The Hall–Kier alpha value is -2.29. The van der Waals surface area contributed by atoms with Crippen molar-refractivity contribution >= 4 is 5.71 Å². The molecule has 0 bridgehead atoms. The van der Waals surface area contributed by atoms with Crippen molar-refractivity contribution in [2.45, 2.75) is 31.8 Å². The first-order valence-electron chi connectivity index (χ1n) is 7.72. The summed E-state index contributed by atoms with van der Waals surface area (Å²) >= 11 is 0.